The summed E-state index contributed by atoms with van der Waals surface area (Å²) in [5.41, 5.74) is 4.91. The maximum absolute atomic E-state index is 13.0. The van der Waals surface area contributed by atoms with E-state index in [1.54, 1.807) is 6.07 Å². The summed E-state index contributed by atoms with van der Waals surface area (Å²) in [5, 5.41) is 3.03. The Kier molecular flexibility index (Phi) is 7.93. The van der Waals surface area contributed by atoms with Gasteiger partial charge in [-0.2, -0.15) is 0 Å². The van der Waals surface area contributed by atoms with Crippen molar-refractivity contribution in [3.05, 3.63) is 10.9 Å². The van der Waals surface area contributed by atoms with E-state index in [1.807, 2.05) is 19.0 Å². The molecular formula is C11H16Cl2F2N4OS2. The first-order chi connectivity index (χ1) is 9.32. The Morgan fingerprint density at radius 1 is 1.41 bits per heavy atom. The zero-order valence-electron chi connectivity index (χ0n) is 11.8. The molecule has 2 heterocycles. The summed E-state index contributed by atoms with van der Waals surface area (Å²) in [6, 6.07) is 1.67. The van der Waals surface area contributed by atoms with Crippen molar-refractivity contribution >= 4 is 68.1 Å². The molecule has 3 N–H and O–H groups in total. The van der Waals surface area contributed by atoms with Gasteiger partial charge in [0.1, 0.15) is 4.83 Å². The molecule has 1 amide bonds. The number of nitrogens with one attached hydrogen (secondary N) is 1. The SMILES string of the molecule is CN(C)c1nc2sc(C(=O)NCC(F)(F)CN)cc2s1.Cl.Cl. The number of fused-ring (bicyclic) bond motifs is 1. The Labute approximate surface area is 146 Å². The summed E-state index contributed by atoms with van der Waals surface area (Å²) in [4.78, 5) is 19.1. The predicted molar refractivity (Wildman–Crippen MR) is 92.7 cm³/mol. The zero-order valence-corrected chi connectivity index (χ0v) is 15.0. The summed E-state index contributed by atoms with van der Waals surface area (Å²) < 4.78 is 26.8. The van der Waals surface area contributed by atoms with Gasteiger partial charge in [0, 0.05) is 14.1 Å². The van der Waals surface area contributed by atoms with Gasteiger partial charge in [0.25, 0.3) is 11.8 Å². The topological polar surface area (TPSA) is 71.2 Å². The Morgan fingerprint density at radius 2 is 2.05 bits per heavy atom. The molecule has 0 unspecified atom stereocenters. The number of alkyl halides is 2. The molecule has 126 valence electrons. The van der Waals surface area contributed by atoms with E-state index in [4.69, 9.17) is 5.73 Å². The second-order valence-corrected chi connectivity index (χ2v) is 6.45. The number of thiazole rings is 1. The number of hydrogen-bond donors (Lipinski definition) is 2. The van der Waals surface area contributed by atoms with Gasteiger partial charge in [-0.3, -0.25) is 4.79 Å². The fourth-order valence-corrected chi connectivity index (χ4v) is 3.45. The normalized spacial score (nSPS) is 10.8. The molecule has 0 saturated heterocycles. The Bertz CT molecular complexity index is 601. The van der Waals surface area contributed by atoms with E-state index in [1.165, 1.54) is 22.7 Å². The highest BCUT2D eigenvalue weighted by Crippen LogP contribution is 2.33. The quantitative estimate of drug-likeness (QED) is 0.819. The van der Waals surface area contributed by atoms with Crippen molar-refractivity contribution in [2.75, 3.05) is 32.1 Å². The van der Waals surface area contributed by atoms with Crippen molar-refractivity contribution in [2.24, 2.45) is 5.73 Å². The van der Waals surface area contributed by atoms with Gasteiger partial charge in [-0.1, -0.05) is 11.3 Å². The molecule has 5 nitrogen and oxygen atoms in total. The number of hydrogen-bond acceptors (Lipinski definition) is 6. The average molecular weight is 393 g/mol. The van der Waals surface area contributed by atoms with Crippen LogP contribution in [0.3, 0.4) is 0 Å². The van der Waals surface area contributed by atoms with E-state index < -0.39 is 24.9 Å². The lowest BCUT2D eigenvalue weighted by Crippen LogP contribution is -2.41. The summed E-state index contributed by atoms with van der Waals surface area (Å²) in [7, 11) is 3.76. The largest absolute Gasteiger partial charge is 0.354 e. The van der Waals surface area contributed by atoms with Crippen LogP contribution in [0.1, 0.15) is 9.67 Å². The number of halogens is 4. The number of carbonyl (C=O) groups is 1. The Morgan fingerprint density at radius 3 is 2.55 bits per heavy atom. The molecule has 0 aliphatic rings. The van der Waals surface area contributed by atoms with Crippen LogP contribution in [0.15, 0.2) is 6.07 Å². The highest BCUT2D eigenvalue weighted by molar-refractivity contribution is 7.29. The van der Waals surface area contributed by atoms with Crippen molar-refractivity contribution in [2.45, 2.75) is 5.92 Å². The third-order valence-corrected chi connectivity index (χ3v) is 4.82. The van der Waals surface area contributed by atoms with Crippen molar-refractivity contribution < 1.29 is 13.6 Å². The number of thiophene rings is 1. The average Bonchev–Trinajstić information content (AvgIpc) is 2.94. The molecule has 0 fully saturated rings. The maximum Gasteiger partial charge on any atom is 0.277 e. The molecule has 0 radical (unpaired) electrons. The summed E-state index contributed by atoms with van der Waals surface area (Å²) >= 11 is 2.64. The number of nitrogens with two attached hydrogens (primary N) is 1. The number of nitrogens with zero attached hydrogens (tertiary/aromatic N) is 2. The molecule has 0 aliphatic carbocycles. The molecule has 2 rings (SSSR count). The van der Waals surface area contributed by atoms with Crippen molar-refractivity contribution in [3.8, 4) is 0 Å². The standard InChI is InChI=1S/C11H14F2N4OS2.2ClH/c1-17(2)10-16-9-7(20-10)3-6(19-9)8(18)15-5-11(12,13)4-14;;/h3H,4-5,14H2,1-2H3,(H,15,18);2*1H. The fraction of sp³-hybridized carbons (Fsp3) is 0.455. The van der Waals surface area contributed by atoms with Gasteiger partial charge in [0.15, 0.2) is 5.13 Å². The zero-order chi connectivity index (χ0) is 14.9. The molecular weight excluding hydrogens is 377 g/mol. The third kappa shape index (κ3) is 4.88. The van der Waals surface area contributed by atoms with Gasteiger partial charge in [0.05, 0.1) is 22.7 Å². The molecule has 11 heteroatoms. The number of anilines is 1. The van der Waals surface area contributed by atoms with E-state index in [2.05, 4.69) is 10.3 Å². The van der Waals surface area contributed by atoms with Crippen LogP contribution in [-0.2, 0) is 0 Å². The van der Waals surface area contributed by atoms with Crippen LogP contribution in [0.2, 0.25) is 0 Å². The van der Waals surface area contributed by atoms with E-state index in [0.717, 1.165) is 14.7 Å². The van der Waals surface area contributed by atoms with Crippen LogP contribution < -0.4 is 16.0 Å². The molecule has 2 aromatic heterocycles. The minimum absolute atomic E-state index is 0. The molecule has 0 aliphatic heterocycles. The second kappa shape index (κ2) is 8.21. The lowest BCUT2D eigenvalue weighted by atomic mass is 10.3. The number of rotatable bonds is 5. The lowest BCUT2D eigenvalue weighted by Gasteiger charge is -2.13. The number of aromatic nitrogens is 1. The first-order valence-corrected chi connectivity index (χ1v) is 7.39. The van der Waals surface area contributed by atoms with Gasteiger partial charge >= 0.3 is 0 Å². The summed E-state index contributed by atoms with van der Waals surface area (Å²) in [6.45, 7) is -1.55. The molecule has 0 bridgehead atoms. The van der Waals surface area contributed by atoms with Crippen LogP contribution in [0.4, 0.5) is 13.9 Å². The molecule has 22 heavy (non-hydrogen) atoms. The first kappa shape index (κ1) is 21.3. The Balaban J connectivity index is 0.00000220. The highest BCUT2D eigenvalue weighted by Gasteiger charge is 2.27. The van der Waals surface area contributed by atoms with Crippen LogP contribution >= 0.6 is 47.5 Å². The lowest BCUT2D eigenvalue weighted by molar-refractivity contribution is 0.0119. The van der Waals surface area contributed by atoms with Crippen molar-refractivity contribution in [1.82, 2.24) is 10.3 Å². The van der Waals surface area contributed by atoms with E-state index in [0.29, 0.717) is 4.88 Å². The van der Waals surface area contributed by atoms with Crippen LogP contribution in [0.5, 0.6) is 0 Å². The van der Waals surface area contributed by atoms with Crippen LogP contribution in [0, 0.1) is 0 Å². The molecule has 0 saturated carbocycles. The monoisotopic (exact) mass is 392 g/mol. The predicted octanol–water partition coefficient (Wildman–Crippen LogP) is 2.59. The fourth-order valence-electron chi connectivity index (χ4n) is 1.40. The van der Waals surface area contributed by atoms with Crippen LogP contribution in [-0.4, -0.2) is 44.0 Å². The first-order valence-electron chi connectivity index (χ1n) is 5.76. The third-order valence-electron chi connectivity index (χ3n) is 2.49. The van der Waals surface area contributed by atoms with Gasteiger partial charge in [-0.25, -0.2) is 13.8 Å². The van der Waals surface area contributed by atoms with Gasteiger partial charge in [-0.05, 0) is 6.07 Å². The minimum Gasteiger partial charge on any atom is -0.354 e. The summed E-state index contributed by atoms with van der Waals surface area (Å²) in [6.07, 6.45) is 0. The minimum atomic E-state index is -3.08. The van der Waals surface area contributed by atoms with Gasteiger partial charge in [0.2, 0.25) is 0 Å². The second-order valence-electron chi connectivity index (χ2n) is 4.41. The van der Waals surface area contributed by atoms with Crippen molar-refractivity contribution in [1.29, 1.82) is 0 Å². The van der Waals surface area contributed by atoms with Crippen LogP contribution in [0.25, 0.3) is 9.53 Å². The van der Waals surface area contributed by atoms with Crippen molar-refractivity contribution in [3.63, 3.8) is 0 Å². The van der Waals surface area contributed by atoms with Gasteiger partial charge < -0.3 is 16.0 Å². The molecule has 0 aromatic carbocycles. The molecule has 2 aromatic rings. The van der Waals surface area contributed by atoms with E-state index in [9.17, 15) is 13.6 Å². The molecule has 0 spiro atoms. The number of amides is 1. The van der Waals surface area contributed by atoms with Gasteiger partial charge in [-0.15, -0.1) is 36.2 Å². The van der Waals surface area contributed by atoms with E-state index in [-0.39, 0.29) is 24.8 Å². The smallest absolute Gasteiger partial charge is 0.277 e. The maximum atomic E-state index is 13.0. The highest BCUT2D eigenvalue weighted by atomic mass is 35.5. The van der Waals surface area contributed by atoms with E-state index >= 15 is 0 Å². The Hall–Kier alpha value is -0.740. The number of carbonyl (C=O) groups excluding carboxylic acids is 1. The summed E-state index contributed by atoms with van der Waals surface area (Å²) in [5.74, 6) is -3.61. The molecule has 0 atom stereocenters.